The molecule has 5 unspecified atom stereocenters. The molecular formula is C26H35FO3. The fourth-order valence-corrected chi connectivity index (χ4v) is 5.61. The van der Waals surface area contributed by atoms with Crippen LogP contribution in [0.15, 0.2) is 59.3 Å². The van der Waals surface area contributed by atoms with Crippen molar-refractivity contribution in [3.8, 4) is 0 Å². The van der Waals surface area contributed by atoms with Gasteiger partial charge in [-0.1, -0.05) is 55.9 Å². The van der Waals surface area contributed by atoms with Gasteiger partial charge in [0.1, 0.15) is 6.17 Å². The van der Waals surface area contributed by atoms with Crippen LogP contribution in [-0.4, -0.2) is 30.5 Å². The van der Waals surface area contributed by atoms with Gasteiger partial charge >= 0.3 is 5.97 Å². The van der Waals surface area contributed by atoms with Crippen LogP contribution < -0.4 is 0 Å². The molecule has 0 spiro atoms. The summed E-state index contributed by atoms with van der Waals surface area (Å²) in [6.45, 7) is 8.51. The minimum Gasteiger partial charge on any atom is -0.466 e. The van der Waals surface area contributed by atoms with E-state index in [4.69, 9.17) is 0 Å². The van der Waals surface area contributed by atoms with Crippen molar-refractivity contribution in [1.82, 2.24) is 0 Å². The number of alkyl halides is 1. The molecule has 3 nitrogen and oxygen atoms in total. The van der Waals surface area contributed by atoms with Gasteiger partial charge in [-0.25, -0.2) is 9.18 Å². The summed E-state index contributed by atoms with van der Waals surface area (Å²) in [6.07, 6.45) is 14.1. The Morgan fingerprint density at radius 3 is 2.97 bits per heavy atom. The van der Waals surface area contributed by atoms with Crippen LogP contribution in [0.1, 0.15) is 58.8 Å². The number of allylic oxidation sites excluding steroid dienone is 7. The second kappa shape index (κ2) is 9.47. The van der Waals surface area contributed by atoms with Crippen LogP contribution in [0, 0.1) is 17.3 Å². The van der Waals surface area contributed by atoms with Crippen LogP contribution in [-0.2, 0) is 9.53 Å². The maximum Gasteiger partial charge on any atom is 0.330 e. The van der Waals surface area contributed by atoms with Crippen LogP contribution in [0.25, 0.3) is 0 Å². The third-order valence-corrected chi connectivity index (χ3v) is 7.31. The van der Waals surface area contributed by atoms with Crippen molar-refractivity contribution in [2.45, 2.75) is 71.1 Å². The Balaban J connectivity index is 1.74. The summed E-state index contributed by atoms with van der Waals surface area (Å²) in [7, 11) is 1.39. The Hall–Kier alpha value is -1.94. The minimum absolute atomic E-state index is 0.132. The molecule has 0 amide bonds. The zero-order chi connectivity index (χ0) is 21.9. The number of aliphatic hydroxyl groups is 1. The second-order valence-electron chi connectivity index (χ2n) is 9.30. The average Bonchev–Trinajstić information content (AvgIpc) is 3.06. The molecular weight excluding hydrogens is 379 g/mol. The van der Waals surface area contributed by atoms with Crippen LogP contribution in [0.4, 0.5) is 4.39 Å². The summed E-state index contributed by atoms with van der Waals surface area (Å²) >= 11 is 0. The van der Waals surface area contributed by atoms with Crippen molar-refractivity contribution >= 4 is 5.97 Å². The molecule has 0 radical (unpaired) electrons. The maximum atomic E-state index is 14.1. The van der Waals surface area contributed by atoms with E-state index in [1.807, 2.05) is 12.2 Å². The SMILES string of the molecule is C=C1/C(=C/C=C2/CCCC3(C)C(C(C)C/C=C/C(=O)OC)=CCC23)CC(O)CC1F. The highest BCUT2D eigenvalue weighted by Gasteiger charge is 2.45. The second-order valence-corrected chi connectivity index (χ2v) is 9.30. The minimum atomic E-state index is -1.14. The van der Waals surface area contributed by atoms with E-state index in [2.05, 4.69) is 37.3 Å². The van der Waals surface area contributed by atoms with Crippen LogP contribution in [0.3, 0.4) is 0 Å². The van der Waals surface area contributed by atoms with Gasteiger partial charge in [-0.2, -0.15) is 0 Å². The number of halogens is 1. The molecule has 0 aromatic rings. The van der Waals surface area contributed by atoms with E-state index in [1.165, 1.54) is 30.8 Å². The predicted octanol–water partition coefficient (Wildman–Crippen LogP) is 5.78. The van der Waals surface area contributed by atoms with Crippen molar-refractivity contribution in [2.24, 2.45) is 17.3 Å². The molecule has 1 N–H and O–H groups in total. The van der Waals surface area contributed by atoms with Crippen LogP contribution in [0.5, 0.6) is 0 Å². The quantitative estimate of drug-likeness (QED) is 0.352. The fourth-order valence-electron chi connectivity index (χ4n) is 5.61. The molecule has 3 rings (SSSR count). The lowest BCUT2D eigenvalue weighted by atomic mass is 9.62. The number of rotatable bonds is 5. The first-order chi connectivity index (χ1) is 14.3. The van der Waals surface area contributed by atoms with Gasteiger partial charge in [-0.15, -0.1) is 0 Å². The Morgan fingerprint density at radius 2 is 2.23 bits per heavy atom. The summed E-state index contributed by atoms with van der Waals surface area (Å²) in [5, 5.41) is 9.93. The number of carbonyl (C=O) groups is 1. The lowest BCUT2D eigenvalue weighted by molar-refractivity contribution is -0.134. The van der Waals surface area contributed by atoms with E-state index in [0.717, 1.165) is 31.3 Å². The van der Waals surface area contributed by atoms with E-state index < -0.39 is 12.3 Å². The highest BCUT2D eigenvalue weighted by molar-refractivity contribution is 5.81. The molecule has 0 heterocycles. The number of ether oxygens (including phenoxy) is 1. The Bertz CT molecular complexity index is 803. The molecule has 30 heavy (non-hydrogen) atoms. The van der Waals surface area contributed by atoms with E-state index in [-0.39, 0.29) is 17.8 Å². The van der Waals surface area contributed by atoms with Gasteiger partial charge in [-0.3, -0.25) is 0 Å². The molecule has 0 saturated heterocycles. The lowest BCUT2D eigenvalue weighted by Gasteiger charge is -2.42. The smallest absolute Gasteiger partial charge is 0.330 e. The van der Waals surface area contributed by atoms with E-state index >= 15 is 0 Å². The Labute approximate surface area is 180 Å². The van der Waals surface area contributed by atoms with Crippen molar-refractivity contribution in [1.29, 1.82) is 0 Å². The van der Waals surface area contributed by atoms with Crippen molar-refractivity contribution in [3.63, 3.8) is 0 Å². The number of esters is 1. The van der Waals surface area contributed by atoms with E-state index in [9.17, 15) is 14.3 Å². The molecule has 3 aliphatic carbocycles. The summed E-state index contributed by atoms with van der Waals surface area (Å²) < 4.78 is 18.7. The molecule has 3 aliphatic rings. The molecule has 2 saturated carbocycles. The van der Waals surface area contributed by atoms with Crippen LogP contribution >= 0.6 is 0 Å². The first kappa shape index (κ1) is 22.7. The van der Waals surface area contributed by atoms with Gasteiger partial charge in [0, 0.05) is 12.5 Å². The third-order valence-electron chi connectivity index (χ3n) is 7.31. The monoisotopic (exact) mass is 414 g/mol. The van der Waals surface area contributed by atoms with Crippen LogP contribution in [0.2, 0.25) is 0 Å². The number of methoxy groups -OCH3 is 1. The molecule has 0 aromatic carbocycles. The highest BCUT2D eigenvalue weighted by atomic mass is 19.1. The standard InChI is InChI=1S/C26H35FO3/c1-17(7-5-9-25(29)30-4)22-12-13-23-19(8-6-14-26(22,23)3)10-11-20-15-21(28)16-24(27)18(20)2/h5,9-12,17,21,23-24,28H,2,6-8,13-16H2,1,3-4H3/b9-5+,19-10-,20-11+. The first-order valence-corrected chi connectivity index (χ1v) is 11.1. The van der Waals surface area contributed by atoms with Crippen molar-refractivity contribution in [3.05, 3.63) is 59.3 Å². The van der Waals surface area contributed by atoms with E-state index in [0.29, 0.717) is 23.8 Å². The Morgan fingerprint density at radius 1 is 1.47 bits per heavy atom. The number of aliphatic hydroxyl groups excluding tert-OH is 1. The first-order valence-electron chi connectivity index (χ1n) is 11.1. The summed E-state index contributed by atoms with van der Waals surface area (Å²) in [4.78, 5) is 11.3. The van der Waals surface area contributed by atoms with Gasteiger partial charge in [0.15, 0.2) is 0 Å². The third kappa shape index (κ3) is 4.69. The van der Waals surface area contributed by atoms with Crippen molar-refractivity contribution in [2.75, 3.05) is 7.11 Å². The fraction of sp³-hybridized carbons (Fsp3) is 0.577. The number of fused-ring (bicyclic) bond motifs is 1. The Kier molecular flexibility index (Phi) is 7.18. The van der Waals surface area contributed by atoms with Gasteiger partial charge in [0.25, 0.3) is 0 Å². The van der Waals surface area contributed by atoms with Gasteiger partial charge in [-0.05, 0) is 66.9 Å². The zero-order valence-corrected chi connectivity index (χ0v) is 18.5. The maximum absolute atomic E-state index is 14.1. The van der Waals surface area contributed by atoms with Gasteiger partial charge in [0.05, 0.1) is 13.2 Å². The van der Waals surface area contributed by atoms with E-state index in [1.54, 1.807) is 0 Å². The average molecular weight is 415 g/mol. The normalized spacial score (nSPS) is 35.6. The molecule has 0 aliphatic heterocycles. The van der Waals surface area contributed by atoms with Gasteiger partial charge in [0.2, 0.25) is 0 Å². The molecule has 5 atom stereocenters. The molecule has 2 fully saturated rings. The topological polar surface area (TPSA) is 46.5 Å². The molecule has 4 heteroatoms. The number of carbonyl (C=O) groups excluding carboxylic acids is 1. The van der Waals surface area contributed by atoms with Gasteiger partial charge < -0.3 is 9.84 Å². The number of hydrogen-bond donors (Lipinski definition) is 1. The predicted molar refractivity (Wildman–Crippen MR) is 119 cm³/mol. The lowest BCUT2D eigenvalue weighted by Crippen LogP contribution is -2.32. The highest BCUT2D eigenvalue weighted by Crippen LogP contribution is 2.56. The number of hydrogen-bond acceptors (Lipinski definition) is 3. The largest absolute Gasteiger partial charge is 0.466 e. The molecule has 0 bridgehead atoms. The summed E-state index contributed by atoms with van der Waals surface area (Å²) in [5.41, 5.74) is 4.40. The summed E-state index contributed by atoms with van der Waals surface area (Å²) in [5.74, 6) is 0.528. The summed E-state index contributed by atoms with van der Waals surface area (Å²) in [6, 6.07) is 0. The molecule has 0 aromatic heterocycles. The zero-order valence-electron chi connectivity index (χ0n) is 18.5. The van der Waals surface area contributed by atoms with Crippen molar-refractivity contribution < 1.29 is 19.0 Å². The molecule has 164 valence electrons.